The first-order valence-corrected chi connectivity index (χ1v) is 12.3. The van der Waals surface area contributed by atoms with Crippen molar-refractivity contribution in [2.75, 3.05) is 18.5 Å². The average molecular weight is 550 g/mol. The van der Waals surface area contributed by atoms with E-state index < -0.39 is 54.6 Å². The topological polar surface area (TPSA) is 182 Å². The number of esters is 1. The Balaban J connectivity index is 1.81. The van der Waals surface area contributed by atoms with Gasteiger partial charge in [-0.2, -0.15) is 0 Å². The van der Waals surface area contributed by atoms with Crippen molar-refractivity contribution in [1.82, 2.24) is 10.6 Å². The van der Waals surface area contributed by atoms with Gasteiger partial charge in [0, 0.05) is 18.5 Å². The van der Waals surface area contributed by atoms with E-state index in [2.05, 4.69) is 29.1 Å². The number of anilines is 1. The van der Waals surface area contributed by atoms with Gasteiger partial charge in [0.2, 0.25) is 5.91 Å². The standard InChI is InChI=1S/C26H35N3O10/c1-4-12-36-24(33)19(28-25(34)37-13-5-2)10-11-21(30)27-18-8-6-17(7-9-18)15-38-26(35)29-20-14-22(31)39-16(3)23(20)32/h4-9,16,19-20,22-23,31-32H,1-2,10-15H2,3H3,(H,27,30)(H,28,34)(H,29,35). The quantitative estimate of drug-likeness (QED) is 0.137. The summed E-state index contributed by atoms with van der Waals surface area (Å²) < 4.78 is 20.1. The molecule has 1 heterocycles. The molecule has 214 valence electrons. The lowest BCUT2D eigenvalue weighted by molar-refractivity contribution is -0.201. The van der Waals surface area contributed by atoms with Crippen LogP contribution in [0.2, 0.25) is 0 Å². The zero-order valence-corrected chi connectivity index (χ0v) is 21.7. The second kappa shape index (κ2) is 16.1. The molecule has 5 unspecified atom stereocenters. The number of benzene rings is 1. The van der Waals surface area contributed by atoms with Crippen molar-refractivity contribution >= 4 is 29.8 Å². The second-order valence-electron chi connectivity index (χ2n) is 8.64. The van der Waals surface area contributed by atoms with Gasteiger partial charge >= 0.3 is 18.2 Å². The van der Waals surface area contributed by atoms with Crippen LogP contribution in [-0.2, 0) is 35.1 Å². The van der Waals surface area contributed by atoms with Crippen LogP contribution in [0.3, 0.4) is 0 Å². The van der Waals surface area contributed by atoms with E-state index >= 15 is 0 Å². The maximum absolute atomic E-state index is 12.4. The molecule has 0 aromatic heterocycles. The van der Waals surface area contributed by atoms with Crippen molar-refractivity contribution in [2.45, 2.75) is 63.4 Å². The Hall–Kier alpha value is -3.94. The van der Waals surface area contributed by atoms with Gasteiger partial charge in [-0.1, -0.05) is 37.4 Å². The van der Waals surface area contributed by atoms with Gasteiger partial charge in [-0.3, -0.25) is 4.79 Å². The number of amides is 3. The molecule has 5 N–H and O–H groups in total. The number of aliphatic hydroxyl groups excluding tert-OH is 2. The normalized spacial score (nSPS) is 21.0. The van der Waals surface area contributed by atoms with Crippen LogP contribution >= 0.6 is 0 Å². The molecule has 0 aliphatic carbocycles. The van der Waals surface area contributed by atoms with Crippen molar-refractivity contribution in [3.8, 4) is 0 Å². The summed E-state index contributed by atoms with van der Waals surface area (Å²) in [6.07, 6.45) is -1.71. The fourth-order valence-electron chi connectivity index (χ4n) is 3.55. The van der Waals surface area contributed by atoms with E-state index in [4.69, 9.17) is 18.9 Å². The van der Waals surface area contributed by atoms with Gasteiger partial charge < -0.3 is 45.1 Å². The SMILES string of the molecule is C=CCOC(=O)NC(CCC(=O)Nc1ccc(COC(=O)NC2CC(O)OC(C)C2O)cc1)C(=O)OCC=C. The molecule has 1 aliphatic rings. The van der Waals surface area contributed by atoms with E-state index in [1.807, 2.05) is 0 Å². The van der Waals surface area contributed by atoms with E-state index in [9.17, 15) is 29.4 Å². The Kier molecular flexibility index (Phi) is 12.9. The Morgan fingerprint density at radius 3 is 2.38 bits per heavy atom. The van der Waals surface area contributed by atoms with Crippen molar-refractivity contribution in [2.24, 2.45) is 0 Å². The van der Waals surface area contributed by atoms with Gasteiger partial charge in [0.15, 0.2) is 6.29 Å². The summed E-state index contributed by atoms with van der Waals surface area (Å²) in [4.78, 5) is 48.6. The van der Waals surface area contributed by atoms with Crippen molar-refractivity contribution in [3.05, 3.63) is 55.1 Å². The molecular formula is C26H35N3O10. The van der Waals surface area contributed by atoms with E-state index in [0.29, 0.717) is 11.3 Å². The minimum absolute atomic E-state index is 0.0290. The Morgan fingerprint density at radius 1 is 1.05 bits per heavy atom. The van der Waals surface area contributed by atoms with Crippen LogP contribution in [0.25, 0.3) is 0 Å². The summed E-state index contributed by atoms with van der Waals surface area (Å²) in [7, 11) is 0. The number of carbonyl (C=O) groups excluding carboxylic acids is 4. The van der Waals surface area contributed by atoms with Crippen LogP contribution in [0.5, 0.6) is 0 Å². The van der Waals surface area contributed by atoms with Crippen molar-refractivity contribution in [1.29, 1.82) is 0 Å². The third kappa shape index (κ3) is 11.1. The lowest BCUT2D eigenvalue weighted by Crippen LogP contribution is -2.54. The summed E-state index contributed by atoms with van der Waals surface area (Å²) in [5, 5.41) is 27.3. The van der Waals surface area contributed by atoms with E-state index in [1.54, 1.807) is 31.2 Å². The van der Waals surface area contributed by atoms with Gasteiger partial charge in [-0.25, -0.2) is 14.4 Å². The second-order valence-corrected chi connectivity index (χ2v) is 8.64. The minimum Gasteiger partial charge on any atom is -0.460 e. The van der Waals surface area contributed by atoms with Gasteiger partial charge in [-0.15, -0.1) is 0 Å². The number of alkyl carbamates (subject to hydrolysis) is 2. The Labute approximate surface area is 226 Å². The molecule has 0 spiro atoms. The van der Waals surface area contributed by atoms with Crippen LogP contribution in [0.4, 0.5) is 15.3 Å². The van der Waals surface area contributed by atoms with Gasteiger partial charge in [-0.05, 0) is 31.0 Å². The van der Waals surface area contributed by atoms with Crippen LogP contribution in [0.1, 0.15) is 31.7 Å². The monoisotopic (exact) mass is 549 g/mol. The molecule has 39 heavy (non-hydrogen) atoms. The van der Waals surface area contributed by atoms with E-state index in [0.717, 1.165) is 0 Å². The summed E-state index contributed by atoms with van der Waals surface area (Å²) in [5.41, 5.74) is 1.10. The first-order chi connectivity index (χ1) is 18.6. The third-order valence-corrected chi connectivity index (χ3v) is 5.54. The highest BCUT2D eigenvalue weighted by Gasteiger charge is 2.35. The molecule has 3 amide bonds. The molecule has 13 nitrogen and oxygen atoms in total. The van der Waals surface area contributed by atoms with Gasteiger partial charge in [0.1, 0.15) is 32.0 Å². The average Bonchev–Trinajstić information content (AvgIpc) is 2.90. The maximum atomic E-state index is 12.4. The number of hydrogen-bond acceptors (Lipinski definition) is 10. The number of rotatable bonds is 13. The molecule has 0 saturated carbocycles. The van der Waals surface area contributed by atoms with Crippen LogP contribution in [0, 0.1) is 0 Å². The van der Waals surface area contributed by atoms with Crippen LogP contribution in [0.15, 0.2) is 49.6 Å². The summed E-state index contributed by atoms with van der Waals surface area (Å²) in [6.45, 7) is 8.31. The lowest BCUT2D eigenvalue weighted by atomic mass is 10.00. The van der Waals surface area contributed by atoms with Crippen LogP contribution < -0.4 is 16.0 Å². The highest BCUT2D eigenvalue weighted by atomic mass is 16.6. The first-order valence-electron chi connectivity index (χ1n) is 12.3. The molecule has 0 radical (unpaired) electrons. The summed E-state index contributed by atoms with van der Waals surface area (Å²) >= 11 is 0. The minimum atomic E-state index is -1.10. The van der Waals surface area contributed by atoms with E-state index in [-0.39, 0.29) is 39.1 Å². The smallest absolute Gasteiger partial charge is 0.408 e. The molecule has 1 aromatic rings. The lowest BCUT2D eigenvalue weighted by Gasteiger charge is -2.35. The van der Waals surface area contributed by atoms with Gasteiger partial charge in [0.05, 0.1) is 12.1 Å². The van der Waals surface area contributed by atoms with E-state index in [1.165, 1.54) is 12.2 Å². The molecule has 0 bridgehead atoms. The predicted molar refractivity (Wildman–Crippen MR) is 138 cm³/mol. The highest BCUT2D eigenvalue weighted by Crippen LogP contribution is 2.19. The zero-order valence-electron chi connectivity index (χ0n) is 21.7. The molecule has 1 aromatic carbocycles. The largest absolute Gasteiger partial charge is 0.460 e. The molecular weight excluding hydrogens is 514 g/mol. The van der Waals surface area contributed by atoms with Crippen molar-refractivity contribution in [3.63, 3.8) is 0 Å². The van der Waals surface area contributed by atoms with Crippen molar-refractivity contribution < 1.29 is 48.3 Å². The first kappa shape index (κ1) is 31.3. The maximum Gasteiger partial charge on any atom is 0.408 e. The number of nitrogens with one attached hydrogen (secondary N) is 3. The predicted octanol–water partition coefficient (Wildman–Crippen LogP) is 1.50. The number of ether oxygens (including phenoxy) is 4. The Bertz CT molecular complexity index is 1000. The fraction of sp³-hybridized carbons (Fsp3) is 0.462. The molecule has 2 rings (SSSR count). The number of carbonyl (C=O) groups is 4. The molecule has 1 saturated heterocycles. The summed E-state index contributed by atoms with van der Waals surface area (Å²) in [6, 6.07) is 4.68. The Morgan fingerprint density at radius 2 is 1.72 bits per heavy atom. The number of hydrogen-bond donors (Lipinski definition) is 5. The third-order valence-electron chi connectivity index (χ3n) is 5.54. The molecule has 5 atom stereocenters. The number of aliphatic hydroxyl groups is 2. The van der Waals surface area contributed by atoms with Gasteiger partial charge in [0.25, 0.3) is 0 Å². The zero-order chi connectivity index (χ0) is 28.8. The molecule has 1 aliphatic heterocycles. The molecule has 1 fully saturated rings. The summed E-state index contributed by atoms with van der Waals surface area (Å²) in [5.74, 6) is -1.14. The van der Waals surface area contributed by atoms with Crippen LogP contribution in [-0.4, -0.2) is 78.1 Å². The highest BCUT2D eigenvalue weighted by molar-refractivity contribution is 5.91. The molecule has 13 heteroatoms. The fourth-order valence-corrected chi connectivity index (χ4v) is 3.55.